The molecule has 2 aromatic rings. The van der Waals surface area contributed by atoms with Crippen LogP contribution in [0.5, 0.6) is 0 Å². The monoisotopic (exact) mass is 250 g/mol. The summed E-state index contributed by atoms with van der Waals surface area (Å²) in [5.74, 6) is 0.198. The van der Waals surface area contributed by atoms with Gasteiger partial charge in [-0.3, -0.25) is 0 Å². The van der Waals surface area contributed by atoms with Gasteiger partial charge < -0.3 is 20.2 Å². The Morgan fingerprint density at radius 1 is 1.61 bits per heavy atom. The van der Waals surface area contributed by atoms with E-state index in [4.69, 9.17) is 4.74 Å². The topological polar surface area (TPSA) is 81.7 Å². The van der Waals surface area contributed by atoms with Gasteiger partial charge in [0.2, 0.25) is 11.5 Å². The molecule has 0 aromatic carbocycles. The van der Waals surface area contributed by atoms with Crippen molar-refractivity contribution in [2.75, 3.05) is 19.0 Å². The van der Waals surface area contributed by atoms with E-state index in [1.54, 1.807) is 31.5 Å². The van der Waals surface area contributed by atoms with E-state index in [0.717, 1.165) is 0 Å². The van der Waals surface area contributed by atoms with Crippen molar-refractivity contribution in [1.82, 2.24) is 9.38 Å². The van der Waals surface area contributed by atoms with Crippen LogP contribution in [-0.4, -0.2) is 34.1 Å². The summed E-state index contributed by atoms with van der Waals surface area (Å²) in [5, 5.41) is 14.1. The molecule has 7 nitrogen and oxygen atoms in total. The van der Waals surface area contributed by atoms with Crippen molar-refractivity contribution in [3.05, 3.63) is 34.5 Å². The number of methoxy groups -OCH3 is 1. The number of nitrogens with zero attached hydrogens (tertiary/aromatic N) is 3. The predicted octanol–water partition coefficient (Wildman–Crippen LogP) is 1.69. The molecular weight excluding hydrogens is 236 g/mol. The zero-order chi connectivity index (χ0) is 13.1. The number of rotatable bonds is 5. The van der Waals surface area contributed by atoms with Gasteiger partial charge in [-0.1, -0.05) is 6.07 Å². The van der Waals surface area contributed by atoms with E-state index in [0.29, 0.717) is 12.3 Å². The standard InChI is InChI=1S/C11H14N4O3/c1-8(7-18-2)12-10-11(15(16)17)14-6-4-3-5-9(14)13-10/h3-6,8,12H,7H2,1-2H3. The molecule has 7 heteroatoms. The highest BCUT2D eigenvalue weighted by molar-refractivity contribution is 5.62. The summed E-state index contributed by atoms with van der Waals surface area (Å²) in [7, 11) is 1.58. The number of aromatic nitrogens is 2. The number of hydrogen-bond donors (Lipinski definition) is 1. The second-order valence-corrected chi connectivity index (χ2v) is 3.97. The Hall–Kier alpha value is -2.15. The Morgan fingerprint density at radius 2 is 2.39 bits per heavy atom. The maximum absolute atomic E-state index is 11.1. The molecule has 0 amide bonds. The number of anilines is 1. The highest BCUT2D eigenvalue weighted by Gasteiger charge is 2.23. The molecule has 1 atom stereocenters. The third-order valence-corrected chi connectivity index (χ3v) is 2.48. The number of fused-ring (bicyclic) bond motifs is 1. The number of ether oxygens (including phenoxy) is 1. The van der Waals surface area contributed by atoms with Crippen LogP contribution >= 0.6 is 0 Å². The summed E-state index contributed by atoms with van der Waals surface area (Å²) in [6.07, 6.45) is 1.62. The molecule has 2 rings (SSSR count). The molecule has 0 aliphatic rings. The van der Waals surface area contributed by atoms with Gasteiger partial charge in [-0.2, -0.15) is 9.38 Å². The van der Waals surface area contributed by atoms with Crippen LogP contribution in [0.1, 0.15) is 6.92 Å². The van der Waals surface area contributed by atoms with Gasteiger partial charge in [0, 0.05) is 19.2 Å². The van der Waals surface area contributed by atoms with Gasteiger partial charge in [-0.05, 0) is 17.9 Å². The van der Waals surface area contributed by atoms with Crippen LogP contribution in [0.25, 0.3) is 5.65 Å². The van der Waals surface area contributed by atoms with Crippen molar-refractivity contribution in [3.8, 4) is 0 Å². The van der Waals surface area contributed by atoms with Crippen LogP contribution in [0.4, 0.5) is 11.6 Å². The summed E-state index contributed by atoms with van der Waals surface area (Å²) in [4.78, 5) is 14.9. The maximum Gasteiger partial charge on any atom is 0.372 e. The average molecular weight is 250 g/mol. The molecule has 0 aliphatic carbocycles. The van der Waals surface area contributed by atoms with Crippen molar-refractivity contribution in [3.63, 3.8) is 0 Å². The number of imidazole rings is 1. The Kier molecular flexibility index (Phi) is 3.42. The van der Waals surface area contributed by atoms with Crippen molar-refractivity contribution in [1.29, 1.82) is 0 Å². The van der Waals surface area contributed by atoms with Crippen molar-refractivity contribution < 1.29 is 9.66 Å². The first kappa shape index (κ1) is 12.3. The first-order valence-corrected chi connectivity index (χ1v) is 5.50. The molecular formula is C11H14N4O3. The van der Waals surface area contributed by atoms with Crippen LogP contribution in [0.2, 0.25) is 0 Å². The van der Waals surface area contributed by atoms with E-state index in [1.807, 2.05) is 6.92 Å². The molecule has 0 radical (unpaired) electrons. The fourth-order valence-electron chi connectivity index (χ4n) is 1.78. The Labute approximate surface area is 104 Å². The Bertz CT molecular complexity index is 566. The van der Waals surface area contributed by atoms with E-state index in [1.165, 1.54) is 4.40 Å². The minimum Gasteiger partial charge on any atom is -0.383 e. The SMILES string of the molecule is COCC(C)Nc1nc2ccccn2c1[N+](=O)[O-]. The van der Waals surface area contributed by atoms with Crippen molar-refractivity contribution in [2.45, 2.75) is 13.0 Å². The minimum atomic E-state index is -0.443. The van der Waals surface area contributed by atoms with Crippen LogP contribution in [-0.2, 0) is 4.74 Å². The molecule has 1 unspecified atom stereocenters. The lowest BCUT2D eigenvalue weighted by atomic mass is 10.3. The summed E-state index contributed by atoms with van der Waals surface area (Å²) < 4.78 is 6.43. The summed E-state index contributed by atoms with van der Waals surface area (Å²) >= 11 is 0. The third kappa shape index (κ3) is 2.25. The van der Waals surface area contributed by atoms with Gasteiger partial charge in [0.05, 0.1) is 12.8 Å². The molecule has 2 heterocycles. The Balaban J connectivity index is 2.43. The molecule has 0 saturated carbocycles. The summed E-state index contributed by atoms with van der Waals surface area (Å²) in [6, 6.07) is 5.18. The smallest absolute Gasteiger partial charge is 0.372 e. The molecule has 96 valence electrons. The summed E-state index contributed by atoms with van der Waals surface area (Å²) in [6.45, 7) is 2.32. The molecule has 0 fully saturated rings. The highest BCUT2D eigenvalue weighted by atomic mass is 16.6. The van der Waals surface area contributed by atoms with Crippen molar-refractivity contribution >= 4 is 17.3 Å². The van der Waals surface area contributed by atoms with Gasteiger partial charge >= 0.3 is 5.82 Å². The highest BCUT2D eigenvalue weighted by Crippen LogP contribution is 2.25. The maximum atomic E-state index is 11.1. The number of nitro groups is 1. The molecule has 2 aromatic heterocycles. The second kappa shape index (κ2) is 5.01. The van der Waals surface area contributed by atoms with Gasteiger partial charge in [0.15, 0.2) is 0 Å². The molecule has 0 saturated heterocycles. The van der Waals surface area contributed by atoms with E-state index < -0.39 is 4.92 Å². The van der Waals surface area contributed by atoms with Gasteiger partial charge in [0.25, 0.3) is 0 Å². The lowest BCUT2D eigenvalue weighted by Gasteiger charge is -2.11. The zero-order valence-corrected chi connectivity index (χ0v) is 10.2. The average Bonchev–Trinajstić information content (AvgIpc) is 2.66. The fourth-order valence-corrected chi connectivity index (χ4v) is 1.78. The minimum absolute atomic E-state index is 0.0568. The van der Waals surface area contributed by atoms with E-state index in [9.17, 15) is 10.1 Å². The summed E-state index contributed by atoms with van der Waals surface area (Å²) in [5.41, 5.74) is 0.538. The van der Waals surface area contributed by atoms with Gasteiger partial charge in [0.1, 0.15) is 0 Å². The molecule has 0 aliphatic heterocycles. The number of pyridine rings is 1. The van der Waals surface area contributed by atoms with Crippen LogP contribution < -0.4 is 5.32 Å². The molecule has 0 spiro atoms. The second-order valence-electron chi connectivity index (χ2n) is 3.97. The van der Waals surface area contributed by atoms with E-state index in [2.05, 4.69) is 10.3 Å². The first-order valence-electron chi connectivity index (χ1n) is 5.50. The molecule has 1 N–H and O–H groups in total. The lowest BCUT2D eigenvalue weighted by molar-refractivity contribution is -0.389. The fraction of sp³-hybridized carbons (Fsp3) is 0.364. The van der Waals surface area contributed by atoms with E-state index in [-0.39, 0.29) is 17.7 Å². The number of hydrogen-bond acceptors (Lipinski definition) is 5. The molecule has 0 bridgehead atoms. The van der Waals surface area contributed by atoms with Crippen molar-refractivity contribution in [2.24, 2.45) is 0 Å². The van der Waals surface area contributed by atoms with E-state index >= 15 is 0 Å². The number of nitrogens with one attached hydrogen (secondary N) is 1. The lowest BCUT2D eigenvalue weighted by Crippen LogP contribution is -2.21. The van der Waals surface area contributed by atoms with Crippen LogP contribution in [0.3, 0.4) is 0 Å². The largest absolute Gasteiger partial charge is 0.383 e. The first-order chi connectivity index (χ1) is 8.63. The zero-order valence-electron chi connectivity index (χ0n) is 10.2. The Morgan fingerprint density at radius 3 is 3.06 bits per heavy atom. The van der Waals surface area contributed by atoms with Gasteiger partial charge in [-0.15, -0.1) is 0 Å². The van der Waals surface area contributed by atoms with Crippen LogP contribution in [0.15, 0.2) is 24.4 Å². The van der Waals surface area contributed by atoms with Crippen LogP contribution in [0, 0.1) is 10.1 Å². The quantitative estimate of drug-likeness (QED) is 0.645. The predicted molar refractivity (Wildman–Crippen MR) is 66.8 cm³/mol. The van der Waals surface area contributed by atoms with Gasteiger partial charge in [-0.25, -0.2) is 0 Å². The third-order valence-electron chi connectivity index (χ3n) is 2.48. The normalized spacial score (nSPS) is 12.6. The molecule has 18 heavy (non-hydrogen) atoms.